The second-order valence-corrected chi connectivity index (χ2v) is 6.21. The Balaban J connectivity index is 1.32. The smallest absolute Gasteiger partial charge is 0.251 e. The molecule has 0 aliphatic carbocycles. The van der Waals surface area contributed by atoms with Gasteiger partial charge in [-0.15, -0.1) is 0 Å². The molecule has 0 atom stereocenters. The maximum atomic E-state index is 13.2. The molecule has 0 fully saturated rings. The van der Waals surface area contributed by atoms with Crippen molar-refractivity contribution in [2.45, 2.75) is 12.8 Å². The second-order valence-electron chi connectivity index (χ2n) is 6.21. The quantitative estimate of drug-likeness (QED) is 0.516. The first-order valence-corrected chi connectivity index (χ1v) is 8.71. The number of aromatic nitrogens is 4. The molecular weight excluding hydrogens is 345 g/mol. The number of benzene rings is 2. The second kappa shape index (κ2) is 7.41. The average molecular weight is 363 g/mol. The van der Waals surface area contributed by atoms with Crippen LogP contribution in [0.5, 0.6) is 0 Å². The summed E-state index contributed by atoms with van der Waals surface area (Å²) in [7, 11) is 0. The Morgan fingerprint density at radius 1 is 1.19 bits per heavy atom. The number of H-pyrrole nitrogens is 1. The summed E-state index contributed by atoms with van der Waals surface area (Å²) in [5, 5.41) is 7.08. The minimum atomic E-state index is -0.290. The van der Waals surface area contributed by atoms with Crippen molar-refractivity contribution in [3.05, 3.63) is 78.1 Å². The zero-order chi connectivity index (χ0) is 18.6. The van der Waals surface area contributed by atoms with Gasteiger partial charge in [-0.1, -0.05) is 6.07 Å². The molecule has 7 heteroatoms. The number of nitrogens with zero attached hydrogens (tertiary/aromatic N) is 3. The van der Waals surface area contributed by atoms with Crippen LogP contribution in [0.15, 0.2) is 60.9 Å². The van der Waals surface area contributed by atoms with Gasteiger partial charge in [-0.2, -0.15) is 5.10 Å². The first-order valence-electron chi connectivity index (χ1n) is 8.71. The maximum Gasteiger partial charge on any atom is 0.251 e. The van der Waals surface area contributed by atoms with Crippen molar-refractivity contribution in [1.82, 2.24) is 25.1 Å². The fraction of sp³-hybridized carbons (Fsp3) is 0.150. The molecule has 0 saturated carbocycles. The Hall–Kier alpha value is -3.48. The highest BCUT2D eigenvalue weighted by molar-refractivity contribution is 5.94. The van der Waals surface area contributed by atoms with Gasteiger partial charge in [-0.25, -0.2) is 14.1 Å². The average Bonchev–Trinajstić information content (AvgIpc) is 3.34. The van der Waals surface area contributed by atoms with Crippen LogP contribution in [0, 0.1) is 5.82 Å². The topological polar surface area (TPSA) is 75.6 Å². The molecule has 2 aromatic carbocycles. The van der Waals surface area contributed by atoms with Gasteiger partial charge >= 0.3 is 0 Å². The zero-order valence-electron chi connectivity index (χ0n) is 14.5. The first kappa shape index (κ1) is 17.0. The number of nitrogens with one attached hydrogen (secondary N) is 2. The van der Waals surface area contributed by atoms with Gasteiger partial charge in [0.2, 0.25) is 0 Å². The number of hydrogen-bond acceptors (Lipinski definition) is 3. The maximum absolute atomic E-state index is 13.2. The molecule has 2 heterocycles. The number of carbonyl (C=O) groups excluding carboxylic acids is 1. The lowest BCUT2D eigenvalue weighted by Gasteiger charge is -2.07. The van der Waals surface area contributed by atoms with E-state index < -0.39 is 0 Å². The van der Waals surface area contributed by atoms with Gasteiger partial charge in [0.25, 0.3) is 5.91 Å². The summed E-state index contributed by atoms with van der Waals surface area (Å²) >= 11 is 0. The normalized spacial score (nSPS) is 11.0. The predicted molar refractivity (Wildman–Crippen MR) is 100 cm³/mol. The summed E-state index contributed by atoms with van der Waals surface area (Å²) < 4.78 is 14.9. The van der Waals surface area contributed by atoms with Crippen molar-refractivity contribution in [2.75, 3.05) is 6.54 Å². The van der Waals surface area contributed by atoms with Crippen molar-refractivity contribution in [3.8, 4) is 5.69 Å². The van der Waals surface area contributed by atoms with E-state index in [-0.39, 0.29) is 11.7 Å². The number of carbonyl (C=O) groups is 1. The fourth-order valence-corrected chi connectivity index (χ4v) is 2.92. The number of rotatable bonds is 6. The van der Waals surface area contributed by atoms with Crippen LogP contribution in [0.3, 0.4) is 0 Å². The van der Waals surface area contributed by atoms with Crippen molar-refractivity contribution >= 4 is 16.9 Å². The van der Waals surface area contributed by atoms with Crippen LogP contribution in [0.2, 0.25) is 0 Å². The van der Waals surface area contributed by atoms with E-state index in [2.05, 4.69) is 20.4 Å². The molecular formula is C20H18FN5O. The Labute approximate surface area is 155 Å². The largest absolute Gasteiger partial charge is 0.352 e. The van der Waals surface area contributed by atoms with E-state index in [1.54, 1.807) is 29.1 Å². The molecule has 27 heavy (non-hydrogen) atoms. The van der Waals surface area contributed by atoms with Gasteiger partial charge in [0.05, 0.1) is 16.7 Å². The Kier molecular flexibility index (Phi) is 4.65. The Morgan fingerprint density at radius 2 is 2.11 bits per heavy atom. The molecule has 4 aromatic rings. The molecule has 4 rings (SSSR count). The fourth-order valence-electron chi connectivity index (χ4n) is 2.92. The SMILES string of the molecule is O=C(NCCCc1nc2ccc(F)cc2[nH]1)c1cccc(-n2cccn2)c1. The van der Waals surface area contributed by atoms with Gasteiger partial charge in [-0.05, 0) is 48.9 Å². The van der Waals surface area contributed by atoms with Crippen molar-refractivity contribution < 1.29 is 9.18 Å². The van der Waals surface area contributed by atoms with Crippen LogP contribution in [0.25, 0.3) is 16.7 Å². The van der Waals surface area contributed by atoms with E-state index in [1.165, 1.54) is 12.1 Å². The number of imidazole rings is 1. The molecule has 0 unspecified atom stereocenters. The van der Waals surface area contributed by atoms with Gasteiger partial charge in [-0.3, -0.25) is 4.79 Å². The van der Waals surface area contributed by atoms with E-state index in [0.717, 1.165) is 23.4 Å². The van der Waals surface area contributed by atoms with Crippen LogP contribution in [-0.4, -0.2) is 32.2 Å². The number of fused-ring (bicyclic) bond motifs is 1. The molecule has 0 bridgehead atoms. The third-order valence-electron chi connectivity index (χ3n) is 4.25. The number of amides is 1. The summed E-state index contributed by atoms with van der Waals surface area (Å²) in [5.74, 6) is 0.364. The van der Waals surface area contributed by atoms with E-state index in [1.807, 2.05) is 24.4 Å². The molecule has 2 N–H and O–H groups in total. The lowest BCUT2D eigenvalue weighted by molar-refractivity contribution is 0.0953. The lowest BCUT2D eigenvalue weighted by atomic mass is 10.2. The number of halogens is 1. The molecule has 0 aliphatic heterocycles. The molecule has 0 radical (unpaired) electrons. The van der Waals surface area contributed by atoms with E-state index in [0.29, 0.717) is 24.0 Å². The molecule has 0 saturated heterocycles. The van der Waals surface area contributed by atoms with Crippen LogP contribution in [0.4, 0.5) is 4.39 Å². The van der Waals surface area contributed by atoms with E-state index >= 15 is 0 Å². The van der Waals surface area contributed by atoms with Crippen molar-refractivity contribution in [1.29, 1.82) is 0 Å². The van der Waals surface area contributed by atoms with Crippen molar-refractivity contribution in [3.63, 3.8) is 0 Å². The molecule has 0 spiro atoms. The van der Waals surface area contributed by atoms with Crippen LogP contribution in [0.1, 0.15) is 22.6 Å². The zero-order valence-corrected chi connectivity index (χ0v) is 14.5. The first-order chi connectivity index (χ1) is 13.2. The minimum Gasteiger partial charge on any atom is -0.352 e. The summed E-state index contributed by atoms with van der Waals surface area (Å²) in [4.78, 5) is 19.9. The van der Waals surface area contributed by atoms with Crippen LogP contribution in [-0.2, 0) is 6.42 Å². The Bertz CT molecular complexity index is 1070. The van der Waals surface area contributed by atoms with Gasteiger partial charge in [0.15, 0.2) is 0 Å². The standard InChI is InChI=1S/C20H18FN5O/c21-15-7-8-17-18(13-15)25-19(24-17)6-2-9-22-20(27)14-4-1-5-16(12-14)26-11-3-10-23-26/h1,3-5,7-8,10-13H,2,6,9H2,(H,22,27)(H,24,25). The molecule has 136 valence electrons. The highest BCUT2D eigenvalue weighted by Crippen LogP contribution is 2.14. The summed E-state index contributed by atoms with van der Waals surface area (Å²) in [6.45, 7) is 0.524. The monoisotopic (exact) mass is 363 g/mol. The number of hydrogen-bond donors (Lipinski definition) is 2. The number of aromatic amines is 1. The molecule has 2 aromatic heterocycles. The van der Waals surface area contributed by atoms with Gasteiger partial charge in [0.1, 0.15) is 11.6 Å². The molecule has 6 nitrogen and oxygen atoms in total. The Morgan fingerprint density at radius 3 is 2.96 bits per heavy atom. The molecule has 0 aliphatic rings. The summed E-state index contributed by atoms with van der Waals surface area (Å²) in [5.41, 5.74) is 2.85. The predicted octanol–water partition coefficient (Wildman–Crippen LogP) is 3.25. The highest BCUT2D eigenvalue weighted by Gasteiger charge is 2.08. The highest BCUT2D eigenvalue weighted by atomic mass is 19.1. The van der Waals surface area contributed by atoms with E-state index in [4.69, 9.17) is 0 Å². The number of aryl methyl sites for hydroxylation is 1. The van der Waals surface area contributed by atoms with Crippen LogP contribution < -0.4 is 5.32 Å². The minimum absolute atomic E-state index is 0.129. The third-order valence-corrected chi connectivity index (χ3v) is 4.25. The lowest BCUT2D eigenvalue weighted by Crippen LogP contribution is -2.25. The van der Waals surface area contributed by atoms with Gasteiger partial charge < -0.3 is 10.3 Å². The summed E-state index contributed by atoms with van der Waals surface area (Å²) in [6.07, 6.45) is 4.92. The summed E-state index contributed by atoms with van der Waals surface area (Å²) in [6, 6.07) is 13.6. The van der Waals surface area contributed by atoms with Crippen LogP contribution >= 0.6 is 0 Å². The third kappa shape index (κ3) is 3.87. The van der Waals surface area contributed by atoms with E-state index in [9.17, 15) is 9.18 Å². The molecule has 1 amide bonds. The van der Waals surface area contributed by atoms with Gasteiger partial charge in [0, 0.05) is 30.9 Å². The van der Waals surface area contributed by atoms with Crippen molar-refractivity contribution in [2.24, 2.45) is 0 Å².